The first-order chi connectivity index (χ1) is 16.9. The number of rotatable bonds is 6. The Morgan fingerprint density at radius 2 is 1.74 bits per heavy atom. The van der Waals surface area contributed by atoms with Gasteiger partial charge in [0.2, 0.25) is 5.95 Å². The number of ether oxygens (including phenoxy) is 1. The number of aryl methyl sites for hydroxylation is 1. The summed E-state index contributed by atoms with van der Waals surface area (Å²) in [6, 6.07) is 15.2. The van der Waals surface area contributed by atoms with Gasteiger partial charge in [-0.2, -0.15) is 5.10 Å². The van der Waals surface area contributed by atoms with Gasteiger partial charge in [0.15, 0.2) is 0 Å². The third kappa shape index (κ3) is 4.48. The summed E-state index contributed by atoms with van der Waals surface area (Å²) in [6.07, 6.45) is 5.02. The van der Waals surface area contributed by atoms with Crippen molar-refractivity contribution in [3.8, 4) is 34.1 Å². The predicted molar refractivity (Wildman–Crippen MR) is 135 cm³/mol. The maximum Gasteiger partial charge on any atom is 0.264 e. The van der Waals surface area contributed by atoms with Gasteiger partial charge in [-0.3, -0.25) is 19.0 Å². The summed E-state index contributed by atoms with van der Waals surface area (Å²) in [6.45, 7) is 3.99. The molecule has 5 aromatic rings. The van der Waals surface area contributed by atoms with Gasteiger partial charge in [0.25, 0.3) is 5.56 Å². The molecule has 5 rings (SSSR count). The molecule has 0 aliphatic heterocycles. The molecule has 0 unspecified atom stereocenters. The maximum absolute atomic E-state index is 12.9. The van der Waals surface area contributed by atoms with Crippen molar-refractivity contribution in [3.05, 3.63) is 77.5 Å². The molecule has 35 heavy (non-hydrogen) atoms. The summed E-state index contributed by atoms with van der Waals surface area (Å²) in [7, 11) is 3.57. The molecule has 0 fully saturated rings. The molecule has 0 saturated carbocycles. The Hall–Kier alpha value is -4.53. The monoisotopic (exact) mass is 467 g/mol. The summed E-state index contributed by atoms with van der Waals surface area (Å²) in [5.74, 6) is 1.87. The van der Waals surface area contributed by atoms with Gasteiger partial charge >= 0.3 is 0 Å². The molecule has 0 bridgehead atoms. The molecule has 1 aromatic carbocycles. The van der Waals surface area contributed by atoms with Crippen LogP contribution in [0.5, 0.6) is 11.5 Å². The van der Waals surface area contributed by atoms with Crippen LogP contribution < -0.4 is 15.6 Å². The van der Waals surface area contributed by atoms with Crippen molar-refractivity contribution in [2.75, 3.05) is 5.32 Å². The van der Waals surface area contributed by atoms with E-state index in [1.54, 1.807) is 30.3 Å². The largest absolute Gasteiger partial charge is 0.457 e. The van der Waals surface area contributed by atoms with Crippen LogP contribution in [0.3, 0.4) is 0 Å². The summed E-state index contributed by atoms with van der Waals surface area (Å²) >= 11 is 0. The second kappa shape index (κ2) is 9.02. The molecule has 0 amide bonds. The molecule has 0 atom stereocenters. The van der Waals surface area contributed by atoms with Gasteiger partial charge in [0, 0.05) is 50.2 Å². The van der Waals surface area contributed by atoms with Gasteiger partial charge in [-0.05, 0) is 50.2 Å². The number of pyridine rings is 2. The Morgan fingerprint density at radius 1 is 0.914 bits per heavy atom. The van der Waals surface area contributed by atoms with Crippen LogP contribution in [0.4, 0.5) is 5.95 Å². The first-order valence-corrected chi connectivity index (χ1v) is 11.2. The van der Waals surface area contributed by atoms with Gasteiger partial charge < -0.3 is 10.1 Å². The van der Waals surface area contributed by atoms with E-state index in [9.17, 15) is 4.79 Å². The highest BCUT2D eigenvalue weighted by molar-refractivity contribution is 5.83. The van der Waals surface area contributed by atoms with E-state index in [1.165, 1.54) is 4.57 Å². The Kier molecular flexibility index (Phi) is 5.74. The van der Waals surface area contributed by atoms with E-state index in [1.807, 2.05) is 69.4 Å². The second-order valence-electron chi connectivity index (χ2n) is 8.53. The van der Waals surface area contributed by atoms with Gasteiger partial charge in [0.05, 0.1) is 28.2 Å². The lowest BCUT2D eigenvalue weighted by molar-refractivity contribution is 0.483. The third-order valence-corrected chi connectivity index (χ3v) is 5.57. The van der Waals surface area contributed by atoms with Crippen molar-refractivity contribution < 1.29 is 4.74 Å². The molecule has 0 radical (unpaired) electrons. The fraction of sp³-hybridized carbons (Fsp3) is 0.192. The van der Waals surface area contributed by atoms with E-state index in [4.69, 9.17) is 9.72 Å². The van der Waals surface area contributed by atoms with E-state index < -0.39 is 0 Å². The van der Waals surface area contributed by atoms with Crippen molar-refractivity contribution in [3.63, 3.8) is 0 Å². The zero-order valence-electron chi connectivity index (χ0n) is 19.9. The minimum atomic E-state index is -0.156. The zero-order valence-corrected chi connectivity index (χ0v) is 19.9. The first kappa shape index (κ1) is 22.3. The quantitative estimate of drug-likeness (QED) is 0.395. The number of hydrogen-bond acceptors (Lipinski definition) is 7. The highest BCUT2D eigenvalue weighted by atomic mass is 16.5. The smallest absolute Gasteiger partial charge is 0.264 e. The zero-order chi connectivity index (χ0) is 24.5. The Morgan fingerprint density at radius 3 is 2.51 bits per heavy atom. The standard InChI is InChI=1S/C26H25N7O2/c1-16(2)30-26-28-15-20(25(34)32(26)3)22-7-5-17-13-18(6-8-21(17)31-22)35-19-9-11-27-23(14-19)24-10-12-29-33(24)4/h5-16H,1-4H3,(H,28,30). The Balaban J connectivity index is 1.42. The van der Waals surface area contributed by atoms with Gasteiger partial charge in [-0.25, -0.2) is 9.97 Å². The number of anilines is 1. The molecular formula is C26H25N7O2. The molecule has 0 spiro atoms. The van der Waals surface area contributed by atoms with Crippen LogP contribution in [-0.4, -0.2) is 35.3 Å². The SMILES string of the molecule is CC(C)Nc1ncc(-c2ccc3cc(Oc4ccnc(-c5ccnn5C)c4)ccc3n2)c(=O)n1C. The fourth-order valence-corrected chi connectivity index (χ4v) is 3.81. The second-order valence-corrected chi connectivity index (χ2v) is 8.53. The molecule has 176 valence electrons. The number of nitrogens with one attached hydrogen (secondary N) is 1. The lowest BCUT2D eigenvalue weighted by atomic mass is 10.1. The first-order valence-electron chi connectivity index (χ1n) is 11.2. The van der Waals surface area contributed by atoms with Crippen LogP contribution >= 0.6 is 0 Å². The van der Waals surface area contributed by atoms with E-state index in [0.29, 0.717) is 28.7 Å². The molecule has 9 nitrogen and oxygen atoms in total. The number of benzene rings is 1. The van der Waals surface area contributed by atoms with E-state index >= 15 is 0 Å². The van der Waals surface area contributed by atoms with E-state index in [-0.39, 0.29) is 11.6 Å². The predicted octanol–water partition coefficient (Wildman–Crippen LogP) is 4.40. The fourth-order valence-electron chi connectivity index (χ4n) is 3.81. The Bertz CT molecular complexity index is 1590. The molecule has 0 aliphatic carbocycles. The molecular weight excluding hydrogens is 442 g/mol. The van der Waals surface area contributed by atoms with Crippen molar-refractivity contribution in [2.24, 2.45) is 14.1 Å². The molecule has 0 saturated heterocycles. The molecule has 4 aromatic heterocycles. The highest BCUT2D eigenvalue weighted by Crippen LogP contribution is 2.28. The molecule has 4 heterocycles. The minimum absolute atomic E-state index is 0.156. The Labute approximate surface area is 202 Å². The van der Waals surface area contributed by atoms with Crippen molar-refractivity contribution in [2.45, 2.75) is 19.9 Å². The van der Waals surface area contributed by atoms with Gasteiger partial charge in [-0.1, -0.05) is 6.07 Å². The normalized spacial score (nSPS) is 11.2. The number of hydrogen-bond donors (Lipinski definition) is 1. The van der Waals surface area contributed by atoms with Crippen molar-refractivity contribution >= 4 is 16.9 Å². The molecule has 9 heteroatoms. The van der Waals surface area contributed by atoms with E-state index in [0.717, 1.165) is 22.3 Å². The van der Waals surface area contributed by atoms with Gasteiger partial charge in [-0.15, -0.1) is 0 Å². The molecule has 1 N–H and O–H groups in total. The number of aromatic nitrogens is 6. The van der Waals surface area contributed by atoms with Crippen LogP contribution in [0, 0.1) is 0 Å². The average Bonchev–Trinajstić information content (AvgIpc) is 3.28. The summed E-state index contributed by atoms with van der Waals surface area (Å²) in [4.78, 5) is 26.4. The highest BCUT2D eigenvalue weighted by Gasteiger charge is 2.12. The summed E-state index contributed by atoms with van der Waals surface area (Å²) in [5.41, 5.74) is 3.30. The summed E-state index contributed by atoms with van der Waals surface area (Å²) < 4.78 is 9.36. The van der Waals surface area contributed by atoms with Crippen LogP contribution in [0.15, 0.2) is 71.9 Å². The lowest BCUT2D eigenvalue weighted by Crippen LogP contribution is -2.25. The van der Waals surface area contributed by atoms with E-state index in [2.05, 4.69) is 20.4 Å². The van der Waals surface area contributed by atoms with Crippen molar-refractivity contribution in [1.82, 2.24) is 29.3 Å². The van der Waals surface area contributed by atoms with Crippen LogP contribution in [-0.2, 0) is 14.1 Å². The summed E-state index contributed by atoms with van der Waals surface area (Å²) in [5, 5.41) is 8.27. The van der Waals surface area contributed by atoms with Crippen LogP contribution in [0.2, 0.25) is 0 Å². The van der Waals surface area contributed by atoms with Crippen LogP contribution in [0.1, 0.15) is 13.8 Å². The van der Waals surface area contributed by atoms with Crippen molar-refractivity contribution in [1.29, 1.82) is 0 Å². The minimum Gasteiger partial charge on any atom is -0.457 e. The lowest BCUT2D eigenvalue weighted by Gasteiger charge is -2.13. The average molecular weight is 468 g/mol. The van der Waals surface area contributed by atoms with Gasteiger partial charge in [0.1, 0.15) is 11.5 Å². The number of fused-ring (bicyclic) bond motifs is 1. The van der Waals surface area contributed by atoms with Crippen LogP contribution in [0.25, 0.3) is 33.5 Å². The maximum atomic E-state index is 12.9. The third-order valence-electron chi connectivity index (χ3n) is 5.57. The molecule has 0 aliphatic rings. The number of nitrogens with zero attached hydrogens (tertiary/aromatic N) is 6. The topological polar surface area (TPSA) is 99.8 Å².